The number of anilines is 1. The van der Waals surface area contributed by atoms with Crippen LogP contribution in [0.1, 0.15) is 44.3 Å². The number of phenolic OH excluding ortho intramolecular Hbond substituents is 1. The maximum absolute atomic E-state index is 13.6. The van der Waals surface area contributed by atoms with Crippen LogP contribution in [0.15, 0.2) is 29.1 Å². The zero-order valence-corrected chi connectivity index (χ0v) is 17.0. The molecule has 0 radical (unpaired) electrons. The first-order chi connectivity index (χ1) is 14.0. The summed E-state index contributed by atoms with van der Waals surface area (Å²) in [5.41, 5.74) is 2.70. The second-order valence-corrected chi connectivity index (χ2v) is 7.46. The standard InChI is InChI=1S/C22H26N4O3/c1-4-23-22-24-13(2)16-12-17(14-9-10-18(27)19(11-14)29-3)21(28)26(20(16)25-22)15-7-5-6-8-15/h9-12,15,27H,4-8H2,1-3H3,(H,23,24,25). The van der Waals surface area contributed by atoms with Gasteiger partial charge in [-0.15, -0.1) is 0 Å². The van der Waals surface area contributed by atoms with Gasteiger partial charge in [0.25, 0.3) is 5.56 Å². The molecule has 0 saturated heterocycles. The normalized spacial score (nSPS) is 14.4. The van der Waals surface area contributed by atoms with Crippen molar-refractivity contribution in [1.29, 1.82) is 0 Å². The van der Waals surface area contributed by atoms with E-state index < -0.39 is 0 Å². The molecule has 2 heterocycles. The van der Waals surface area contributed by atoms with Gasteiger partial charge in [0.15, 0.2) is 11.5 Å². The molecule has 1 fully saturated rings. The second kappa shape index (κ2) is 7.73. The van der Waals surface area contributed by atoms with Crippen LogP contribution in [0.25, 0.3) is 22.2 Å². The van der Waals surface area contributed by atoms with Crippen molar-refractivity contribution < 1.29 is 9.84 Å². The van der Waals surface area contributed by atoms with E-state index in [2.05, 4.69) is 15.3 Å². The number of benzene rings is 1. The zero-order valence-electron chi connectivity index (χ0n) is 17.0. The Morgan fingerprint density at radius 2 is 2.00 bits per heavy atom. The van der Waals surface area contributed by atoms with Gasteiger partial charge < -0.3 is 15.2 Å². The molecule has 1 saturated carbocycles. The number of nitrogens with one attached hydrogen (secondary N) is 1. The number of methoxy groups -OCH3 is 1. The van der Waals surface area contributed by atoms with Gasteiger partial charge in [-0.3, -0.25) is 9.36 Å². The van der Waals surface area contributed by atoms with Crippen LogP contribution in [0.2, 0.25) is 0 Å². The Kier molecular flexibility index (Phi) is 5.13. The van der Waals surface area contributed by atoms with E-state index in [1.165, 1.54) is 7.11 Å². The Bertz CT molecular complexity index is 1120. The summed E-state index contributed by atoms with van der Waals surface area (Å²) in [6.07, 6.45) is 4.16. The highest BCUT2D eigenvalue weighted by Crippen LogP contribution is 2.34. The highest BCUT2D eigenvalue weighted by atomic mass is 16.5. The van der Waals surface area contributed by atoms with Gasteiger partial charge >= 0.3 is 0 Å². The fourth-order valence-corrected chi connectivity index (χ4v) is 4.14. The van der Waals surface area contributed by atoms with E-state index >= 15 is 0 Å². The van der Waals surface area contributed by atoms with Crippen molar-refractivity contribution in [3.05, 3.63) is 40.3 Å². The molecule has 0 amide bonds. The molecule has 0 spiro atoms. The first kappa shape index (κ1) is 19.2. The molecule has 4 rings (SSSR count). The Balaban J connectivity index is 2.02. The molecule has 1 aliphatic rings. The Hall–Kier alpha value is -3.09. The number of phenols is 1. The Morgan fingerprint density at radius 1 is 1.24 bits per heavy atom. The molecule has 7 heteroatoms. The van der Waals surface area contributed by atoms with Gasteiger partial charge in [0, 0.05) is 23.5 Å². The summed E-state index contributed by atoms with van der Waals surface area (Å²) in [7, 11) is 1.50. The fourth-order valence-electron chi connectivity index (χ4n) is 4.14. The first-order valence-corrected chi connectivity index (χ1v) is 10.1. The molecule has 3 aromatic rings. The van der Waals surface area contributed by atoms with Gasteiger partial charge in [0.05, 0.1) is 12.8 Å². The highest BCUT2D eigenvalue weighted by molar-refractivity contribution is 5.84. The Labute approximate surface area is 169 Å². The third kappa shape index (κ3) is 3.41. The predicted octanol–water partition coefficient (Wildman–Crippen LogP) is 4.03. The number of hydrogen-bond acceptors (Lipinski definition) is 6. The van der Waals surface area contributed by atoms with Gasteiger partial charge in [0.2, 0.25) is 5.95 Å². The monoisotopic (exact) mass is 394 g/mol. The lowest BCUT2D eigenvalue weighted by molar-refractivity contribution is 0.373. The van der Waals surface area contributed by atoms with Crippen LogP contribution in [-0.2, 0) is 0 Å². The molecule has 0 atom stereocenters. The van der Waals surface area contributed by atoms with Crippen LogP contribution in [-0.4, -0.2) is 33.3 Å². The molecule has 1 aliphatic carbocycles. The summed E-state index contributed by atoms with van der Waals surface area (Å²) in [6.45, 7) is 4.65. The van der Waals surface area contributed by atoms with E-state index in [1.807, 2.05) is 24.5 Å². The highest BCUT2D eigenvalue weighted by Gasteiger charge is 2.24. The molecule has 7 nitrogen and oxygen atoms in total. The van der Waals surface area contributed by atoms with E-state index in [0.29, 0.717) is 35.0 Å². The third-order valence-corrected chi connectivity index (χ3v) is 5.60. The minimum Gasteiger partial charge on any atom is -0.504 e. The molecular weight excluding hydrogens is 368 g/mol. The van der Waals surface area contributed by atoms with Crippen molar-refractivity contribution in [3.8, 4) is 22.6 Å². The van der Waals surface area contributed by atoms with Gasteiger partial charge in [0.1, 0.15) is 5.65 Å². The van der Waals surface area contributed by atoms with Crippen LogP contribution in [0, 0.1) is 6.92 Å². The van der Waals surface area contributed by atoms with Crippen LogP contribution < -0.4 is 15.6 Å². The smallest absolute Gasteiger partial charge is 0.260 e. The number of aromatic hydroxyl groups is 1. The fraction of sp³-hybridized carbons (Fsp3) is 0.409. The average Bonchev–Trinajstić information content (AvgIpc) is 3.23. The van der Waals surface area contributed by atoms with Crippen molar-refractivity contribution in [2.75, 3.05) is 19.0 Å². The van der Waals surface area contributed by atoms with Gasteiger partial charge in [-0.2, -0.15) is 4.98 Å². The molecule has 2 aromatic heterocycles. The van der Waals surface area contributed by atoms with Gasteiger partial charge in [-0.05, 0) is 50.5 Å². The maximum Gasteiger partial charge on any atom is 0.260 e. The van der Waals surface area contributed by atoms with Crippen LogP contribution in [0.4, 0.5) is 5.95 Å². The molecule has 152 valence electrons. The molecule has 0 unspecified atom stereocenters. The van der Waals surface area contributed by atoms with Crippen molar-refractivity contribution in [2.24, 2.45) is 0 Å². The molecule has 29 heavy (non-hydrogen) atoms. The molecule has 1 aromatic carbocycles. The van der Waals surface area contributed by atoms with Crippen molar-refractivity contribution in [1.82, 2.24) is 14.5 Å². The van der Waals surface area contributed by atoms with E-state index in [4.69, 9.17) is 4.74 Å². The lowest BCUT2D eigenvalue weighted by atomic mass is 10.0. The van der Waals surface area contributed by atoms with Crippen LogP contribution >= 0.6 is 0 Å². The number of nitrogens with zero attached hydrogens (tertiary/aromatic N) is 3. The van der Waals surface area contributed by atoms with Crippen molar-refractivity contribution in [2.45, 2.75) is 45.6 Å². The summed E-state index contributed by atoms with van der Waals surface area (Å²) in [4.78, 5) is 22.9. The summed E-state index contributed by atoms with van der Waals surface area (Å²) in [5, 5.41) is 14.0. The minimum absolute atomic E-state index is 0.0444. The van der Waals surface area contributed by atoms with Crippen LogP contribution in [0.3, 0.4) is 0 Å². The average molecular weight is 394 g/mol. The van der Waals surface area contributed by atoms with E-state index in [0.717, 1.165) is 36.8 Å². The molecule has 0 aliphatic heterocycles. The summed E-state index contributed by atoms with van der Waals surface area (Å²) >= 11 is 0. The maximum atomic E-state index is 13.6. The largest absolute Gasteiger partial charge is 0.504 e. The first-order valence-electron chi connectivity index (χ1n) is 10.1. The number of rotatable bonds is 5. The quantitative estimate of drug-likeness (QED) is 0.679. The lowest BCUT2D eigenvalue weighted by Gasteiger charge is -2.19. The van der Waals surface area contributed by atoms with Crippen molar-refractivity contribution in [3.63, 3.8) is 0 Å². The zero-order chi connectivity index (χ0) is 20.5. The predicted molar refractivity (Wildman–Crippen MR) is 114 cm³/mol. The van der Waals surface area contributed by atoms with Crippen LogP contribution in [0.5, 0.6) is 11.5 Å². The Morgan fingerprint density at radius 3 is 2.69 bits per heavy atom. The number of aromatic nitrogens is 3. The second-order valence-electron chi connectivity index (χ2n) is 7.46. The molecule has 0 bridgehead atoms. The summed E-state index contributed by atoms with van der Waals surface area (Å²) < 4.78 is 7.09. The van der Waals surface area contributed by atoms with E-state index in [-0.39, 0.29) is 17.4 Å². The number of ether oxygens (including phenoxy) is 1. The van der Waals surface area contributed by atoms with Gasteiger partial charge in [-0.1, -0.05) is 18.9 Å². The summed E-state index contributed by atoms with van der Waals surface area (Å²) in [6, 6.07) is 6.98. The molecular formula is C22H26N4O3. The van der Waals surface area contributed by atoms with Gasteiger partial charge in [-0.25, -0.2) is 4.98 Å². The number of fused-ring (bicyclic) bond motifs is 1. The third-order valence-electron chi connectivity index (χ3n) is 5.60. The van der Waals surface area contributed by atoms with E-state index in [1.54, 1.807) is 18.2 Å². The minimum atomic E-state index is -0.0716. The number of aryl methyl sites for hydroxylation is 1. The number of hydrogen-bond donors (Lipinski definition) is 2. The number of pyridine rings is 1. The molecule has 2 N–H and O–H groups in total. The van der Waals surface area contributed by atoms with E-state index in [9.17, 15) is 9.90 Å². The SMILES string of the molecule is CCNc1nc(C)c2cc(-c3ccc(O)c(OC)c3)c(=O)n(C3CCCC3)c2n1. The summed E-state index contributed by atoms with van der Waals surface area (Å²) in [5.74, 6) is 0.926. The van der Waals surface area contributed by atoms with Crippen molar-refractivity contribution >= 4 is 17.0 Å². The lowest BCUT2D eigenvalue weighted by Crippen LogP contribution is -2.26. The topological polar surface area (TPSA) is 89.3 Å².